The highest BCUT2D eigenvalue weighted by Crippen LogP contribution is 2.15. The van der Waals surface area contributed by atoms with Gasteiger partial charge >= 0.3 is 0 Å². The molecule has 1 N–H and O–H groups in total. The third-order valence-corrected chi connectivity index (χ3v) is 3.90. The molecule has 0 fully saturated rings. The van der Waals surface area contributed by atoms with Crippen LogP contribution < -0.4 is 0 Å². The van der Waals surface area contributed by atoms with E-state index < -0.39 is 0 Å². The number of aliphatic hydroxyl groups is 1. The molecule has 2 nitrogen and oxygen atoms in total. The van der Waals surface area contributed by atoms with E-state index in [1.807, 2.05) is 0 Å². The molecular weight excluding hydrogens is 236 g/mol. The van der Waals surface area contributed by atoms with Crippen molar-refractivity contribution < 1.29 is 9.90 Å². The second-order valence-electron chi connectivity index (χ2n) is 5.78. The minimum Gasteiger partial charge on any atom is -0.396 e. The van der Waals surface area contributed by atoms with Gasteiger partial charge in [-0.1, -0.05) is 77.6 Å². The normalized spacial score (nSPS) is 12.5. The molecule has 0 aromatic carbocycles. The van der Waals surface area contributed by atoms with Gasteiger partial charge in [0, 0.05) is 13.0 Å². The Morgan fingerprint density at radius 3 is 1.74 bits per heavy atom. The van der Waals surface area contributed by atoms with Gasteiger partial charge in [0.2, 0.25) is 0 Å². The van der Waals surface area contributed by atoms with Crippen molar-refractivity contribution in [3.8, 4) is 0 Å². The van der Waals surface area contributed by atoms with Gasteiger partial charge < -0.3 is 9.90 Å². The van der Waals surface area contributed by atoms with Crippen LogP contribution >= 0.6 is 0 Å². The fraction of sp³-hybridized carbons (Fsp3) is 0.941. The summed E-state index contributed by atoms with van der Waals surface area (Å²) in [5.41, 5.74) is 0. The van der Waals surface area contributed by atoms with Gasteiger partial charge in [-0.15, -0.1) is 0 Å². The van der Waals surface area contributed by atoms with Gasteiger partial charge in [-0.25, -0.2) is 0 Å². The SMILES string of the molecule is CCCCCCCCCCCCCC(CO)CC=O. The lowest BCUT2D eigenvalue weighted by atomic mass is 9.98. The largest absolute Gasteiger partial charge is 0.396 e. The maximum atomic E-state index is 10.4. The molecule has 0 aromatic heterocycles. The van der Waals surface area contributed by atoms with Gasteiger partial charge in [-0.05, 0) is 12.3 Å². The Labute approximate surface area is 120 Å². The predicted octanol–water partition coefficient (Wildman–Crippen LogP) is 4.89. The first-order valence-electron chi connectivity index (χ1n) is 8.39. The van der Waals surface area contributed by atoms with Crippen LogP contribution in [0.5, 0.6) is 0 Å². The van der Waals surface area contributed by atoms with Crippen molar-refractivity contribution in [2.75, 3.05) is 6.61 Å². The van der Waals surface area contributed by atoms with Crippen LogP contribution in [0.15, 0.2) is 0 Å². The average Bonchev–Trinajstić information content (AvgIpc) is 2.43. The fourth-order valence-corrected chi connectivity index (χ4v) is 2.52. The molecular formula is C17H34O2. The lowest BCUT2D eigenvalue weighted by molar-refractivity contribution is -0.109. The summed E-state index contributed by atoms with van der Waals surface area (Å²) in [5.74, 6) is 0.205. The van der Waals surface area contributed by atoms with E-state index in [1.165, 1.54) is 64.2 Å². The topological polar surface area (TPSA) is 37.3 Å². The lowest BCUT2D eigenvalue weighted by Gasteiger charge is -2.09. The number of unbranched alkanes of at least 4 members (excludes halogenated alkanes) is 10. The molecule has 114 valence electrons. The molecule has 0 radical (unpaired) electrons. The molecule has 0 aliphatic rings. The molecule has 0 aliphatic carbocycles. The summed E-state index contributed by atoms with van der Waals surface area (Å²) in [4.78, 5) is 10.4. The first-order valence-corrected chi connectivity index (χ1v) is 8.39. The molecule has 0 amide bonds. The number of hydrogen-bond donors (Lipinski definition) is 1. The van der Waals surface area contributed by atoms with E-state index in [4.69, 9.17) is 5.11 Å². The molecule has 19 heavy (non-hydrogen) atoms. The highest BCUT2D eigenvalue weighted by atomic mass is 16.3. The van der Waals surface area contributed by atoms with Crippen LogP contribution in [0.2, 0.25) is 0 Å². The Hall–Kier alpha value is -0.370. The number of rotatable bonds is 15. The second-order valence-corrected chi connectivity index (χ2v) is 5.78. The molecule has 0 aromatic rings. The van der Waals surface area contributed by atoms with Crippen LogP contribution in [0, 0.1) is 5.92 Å². The predicted molar refractivity (Wildman–Crippen MR) is 82.3 cm³/mol. The summed E-state index contributed by atoms with van der Waals surface area (Å²) in [6, 6.07) is 0. The van der Waals surface area contributed by atoms with E-state index in [2.05, 4.69) is 6.92 Å². The number of hydrogen-bond acceptors (Lipinski definition) is 2. The monoisotopic (exact) mass is 270 g/mol. The van der Waals surface area contributed by atoms with Crippen molar-refractivity contribution in [2.24, 2.45) is 5.92 Å². The highest BCUT2D eigenvalue weighted by Gasteiger charge is 2.05. The zero-order chi connectivity index (χ0) is 14.2. The van der Waals surface area contributed by atoms with E-state index >= 15 is 0 Å². The van der Waals surface area contributed by atoms with Crippen LogP contribution in [-0.2, 0) is 4.79 Å². The molecule has 0 saturated carbocycles. The summed E-state index contributed by atoms with van der Waals surface area (Å²) in [5, 5.41) is 9.06. The summed E-state index contributed by atoms with van der Waals surface area (Å²) >= 11 is 0. The minimum absolute atomic E-state index is 0.163. The van der Waals surface area contributed by atoms with Gasteiger partial charge in [0.15, 0.2) is 0 Å². The molecule has 0 spiro atoms. The smallest absolute Gasteiger partial charge is 0.120 e. The van der Waals surface area contributed by atoms with Crippen molar-refractivity contribution in [1.82, 2.24) is 0 Å². The van der Waals surface area contributed by atoms with Crippen molar-refractivity contribution in [1.29, 1.82) is 0 Å². The van der Waals surface area contributed by atoms with Crippen LogP contribution in [0.1, 0.15) is 90.4 Å². The van der Waals surface area contributed by atoms with Crippen molar-refractivity contribution in [3.05, 3.63) is 0 Å². The number of aliphatic hydroxyl groups excluding tert-OH is 1. The summed E-state index contributed by atoms with van der Waals surface area (Å²) in [7, 11) is 0. The Bertz CT molecular complexity index is 180. The fourth-order valence-electron chi connectivity index (χ4n) is 2.52. The molecule has 2 heteroatoms. The van der Waals surface area contributed by atoms with E-state index in [9.17, 15) is 4.79 Å². The maximum absolute atomic E-state index is 10.4. The third-order valence-electron chi connectivity index (χ3n) is 3.90. The molecule has 0 aliphatic heterocycles. The summed E-state index contributed by atoms with van der Waals surface area (Å²) < 4.78 is 0. The molecule has 0 bridgehead atoms. The van der Waals surface area contributed by atoms with E-state index in [0.29, 0.717) is 6.42 Å². The summed E-state index contributed by atoms with van der Waals surface area (Å²) in [6.45, 7) is 2.42. The van der Waals surface area contributed by atoms with Crippen LogP contribution in [0.4, 0.5) is 0 Å². The van der Waals surface area contributed by atoms with Crippen molar-refractivity contribution in [2.45, 2.75) is 90.4 Å². The number of carbonyl (C=O) groups excluding carboxylic acids is 1. The zero-order valence-corrected chi connectivity index (χ0v) is 12.9. The van der Waals surface area contributed by atoms with Crippen molar-refractivity contribution in [3.63, 3.8) is 0 Å². The van der Waals surface area contributed by atoms with Gasteiger partial charge in [0.05, 0.1) is 0 Å². The average molecular weight is 270 g/mol. The second kappa shape index (κ2) is 15.7. The van der Waals surface area contributed by atoms with Crippen molar-refractivity contribution >= 4 is 6.29 Å². The standard InChI is InChI=1S/C17H34O2/c1-2-3-4-5-6-7-8-9-10-11-12-13-17(16-19)14-15-18/h15,17,19H,2-14,16H2,1H3. The molecule has 0 saturated heterocycles. The number of aldehydes is 1. The lowest BCUT2D eigenvalue weighted by Crippen LogP contribution is -2.06. The Morgan fingerprint density at radius 1 is 0.842 bits per heavy atom. The summed E-state index contributed by atoms with van der Waals surface area (Å²) in [6.07, 6.45) is 17.3. The zero-order valence-electron chi connectivity index (χ0n) is 12.9. The first-order chi connectivity index (χ1) is 9.35. The van der Waals surface area contributed by atoms with Gasteiger partial charge in [0.1, 0.15) is 6.29 Å². The highest BCUT2D eigenvalue weighted by molar-refractivity contribution is 5.49. The van der Waals surface area contributed by atoms with E-state index in [0.717, 1.165) is 19.1 Å². The van der Waals surface area contributed by atoms with Gasteiger partial charge in [0.25, 0.3) is 0 Å². The van der Waals surface area contributed by atoms with Crippen LogP contribution in [0.25, 0.3) is 0 Å². The Kier molecular flexibility index (Phi) is 15.4. The molecule has 0 rings (SSSR count). The Balaban J connectivity index is 3.11. The van der Waals surface area contributed by atoms with Gasteiger partial charge in [-0.2, -0.15) is 0 Å². The number of carbonyl (C=O) groups is 1. The molecule has 1 unspecified atom stereocenters. The van der Waals surface area contributed by atoms with E-state index in [-0.39, 0.29) is 12.5 Å². The maximum Gasteiger partial charge on any atom is 0.120 e. The molecule has 0 heterocycles. The van der Waals surface area contributed by atoms with Gasteiger partial charge in [-0.3, -0.25) is 0 Å². The van der Waals surface area contributed by atoms with Crippen LogP contribution in [-0.4, -0.2) is 18.0 Å². The first kappa shape index (κ1) is 18.6. The molecule has 1 atom stereocenters. The third kappa shape index (κ3) is 13.9. The Morgan fingerprint density at radius 2 is 1.32 bits per heavy atom. The quantitative estimate of drug-likeness (QED) is 0.340. The van der Waals surface area contributed by atoms with Crippen LogP contribution in [0.3, 0.4) is 0 Å². The van der Waals surface area contributed by atoms with E-state index in [1.54, 1.807) is 0 Å². The minimum atomic E-state index is 0.163.